The minimum absolute atomic E-state index is 0.171. The molecule has 0 fully saturated rings. The Kier molecular flexibility index (Phi) is 5.53. The monoisotopic (exact) mass is 442 g/mol. The van der Waals surface area contributed by atoms with Crippen molar-refractivity contribution in [2.45, 2.75) is 0 Å². The lowest BCUT2D eigenvalue weighted by molar-refractivity contribution is 0.102. The Labute approximate surface area is 181 Å². The van der Waals surface area contributed by atoms with E-state index in [0.29, 0.717) is 26.5 Å². The first kappa shape index (κ1) is 19.5. The zero-order valence-electron chi connectivity index (χ0n) is 14.8. The number of nitrogens with zero attached hydrogens (tertiary/aromatic N) is 3. The fraction of sp³-hybridized carbons (Fsp3) is 0. The van der Waals surface area contributed by atoms with Crippen molar-refractivity contribution in [1.82, 2.24) is 14.8 Å². The van der Waals surface area contributed by atoms with E-state index in [0.717, 1.165) is 11.3 Å². The molecule has 0 aliphatic carbocycles. The lowest BCUT2D eigenvalue weighted by Crippen LogP contribution is -2.13. The minimum Gasteiger partial charge on any atom is -0.289 e. The molecule has 5 nitrogen and oxygen atoms in total. The average Bonchev–Trinajstić information content (AvgIpc) is 3.13. The van der Waals surface area contributed by atoms with E-state index in [1.165, 1.54) is 0 Å². The Morgan fingerprint density at radius 2 is 1.28 bits per heavy atom. The van der Waals surface area contributed by atoms with E-state index in [2.05, 4.69) is 15.4 Å². The predicted molar refractivity (Wildman–Crippen MR) is 116 cm³/mol. The lowest BCUT2D eigenvalue weighted by Gasteiger charge is -2.06. The van der Waals surface area contributed by atoms with Crippen LogP contribution >= 0.6 is 34.8 Å². The van der Waals surface area contributed by atoms with Crippen LogP contribution in [0.4, 0.5) is 5.95 Å². The van der Waals surface area contributed by atoms with Crippen LogP contribution < -0.4 is 5.32 Å². The molecule has 0 atom stereocenters. The Morgan fingerprint density at radius 1 is 0.759 bits per heavy atom. The lowest BCUT2D eigenvalue weighted by atomic mass is 10.2. The standard InChI is InChI=1S/C21H13Cl3N4O/c22-15-5-1-13(2-6-15)19-25-21(26-20(29)14-3-7-16(23)8-4-14)27-28(19)18-11-9-17(24)10-12-18/h1-12H,(H,26,27,29). The van der Waals surface area contributed by atoms with Gasteiger partial charge in [-0.1, -0.05) is 34.8 Å². The molecule has 0 aliphatic rings. The maximum Gasteiger partial charge on any atom is 0.258 e. The number of aromatic nitrogens is 3. The van der Waals surface area contributed by atoms with Gasteiger partial charge in [-0.3, -0.25) is 10.1 Å². The smallest absolute Gasteiger partial charge is 0.258 e. The summed E-state index contributed by atoms with van der Waals surface area (Å²) in [5.74, 6) is 0.387. The third kappa shape index (κ3) is 4.43. The fourth-order valence-electron chi connectivity index (χ4n) is 2.69. The SMILES string of the molecule is O=C(Nc1nc(-c2ccc(Cl)cc2)n(-c2ccc(Cl)cc2)n1)c1ccc(Cl)cc1. The molecule has 0 radical (unpaired) electrons. The first-order valence-corrected chi connectivity index (χ1v) is 9.69. The number of carbonyl (C=O) groups is 1. The number of carbonyl (C=O) groups excluding carboxylic acids is 1. The predicted octanol–water partition coefficient (Wildman–Crippen LogP) is 6.15. The molecule has 0 unspecified atom stereocenters. The zero-order chi connectivity index (χ0) is 20.4. The molecule has 0 spiro atoms. The Balaban J connectivity index is 1.72. The minimum atomic E-state index is -0.336. The Morgan fingerprint density at radius 3 is 1.86 bits per heavy atom. The molecule has 1 aromatic heterocycles. The van der Waals surface area contributed by atoms with E-state index in [-0.39, 0.29) is 11.9 Å². The van der Waals surface area contributed by atoms with Crippen molar-refractivity contribution in [3.05, 3.63) is 93.4 Å². The van der Waals surface area contributed by atoms with Crippen molar-refractivity contribution in [1.29, 1.82) is 0 Å². The van der Waals surface area contributed by atoms with E-state index < -0.39 is 0 Å². The summed E-state index contributed by atoms with van der Waals surface area (Å²) in [7, 11) is 0. The van der Waals surface area contributed by atoms with Gasteiger partial charge in [0.05, 0.1) is 5.69 Å². The number of hydrogen-bond donors (Lipinski definition) is 1. The largest absolute Gasteiger partial charge is 0.289 e. The van der Waals surface area contributed by atoms with Gasteiger partial charge in [0, 0.05) is 26.2 Å². The molecule has 0 bridgehead atoms. The molecule has 1 heterocycles. The van der Waals surface area contributed by atoms with Crippen molar-refractivity contribution in [3.8, 4) is 17.1 Å². The highest BCUT2D eigenvalue weighted by Crippen LogP contribution is 2.25. The second-order valence-corrected chi connectivity index (χ2v) is 7.42. The highest BCUT2D eigenvalue weighted by Gasteiger charge is 2.16. The van der Waals surface area contributed by atoms with Crippen molar-refractivity contribution >= 4 is 46.7 Å². The molecule has 0 saturated heterocycles. The molecule has 4 aromatic rings. The van der Waals surface area contributed by atoms with Crippen LogP contribution in [-0.2, 0) is 0 Å². The number of hydrogen-bond acceptors (Lipinski definition) is 3. The van der Waals surface area contributed by atoms with Crippen molar-refractivity contribution in [2.75, 3.05) is 5.32 Å². The number of amides is 1. The second kappa shape index (κ2) is 8.25. The summed E-state index contributed by atoms with van der Waals surface area (Å²) in [6.45, 7) is 0. The molecule has 0 saturated carbocycles. The van der Waals surface area contributed by atoms with Gasteiger partial charge >= 0.3 is 0 Å². The zero-order valence-corrected chi connectivity index (χ0v) is 17.1. The van der Waals surface area contributed by atoms with E-state index in [4.69, 9.17) is 34.8 Å². The van der Waals surface area contributed by atoms with E-state index in [9.17, 15) is 4.79 Å². The number of anilines is 1. The molecule has 144 valence electrons. The van der Waals surface area contributed by atoms with Crippen LogP contribution in [0.25, 0.3) is 17.1 Å². The first-order valence-electron chi connectivity index (χ1n) is 8.55. The maximum absolute atomic E-state index is 12.5. The van der Waals surface area contributed by atoms with Crippen LogP contribution in [-0.4, -0.2) is 20.7 Å². The summed E-state index contributed by atoms with van der Waals surface area (Å²) >= 11 is 17.9. The van der Waals surface area contributed by atoms with Crippen molar-refractivity contribution in [3.63, 3.8) is 0 Å². The first-order chi connectivity index (χ1) is 14.0. The summed E-state index contributed by atoms with van der Waals surface area (Å²) in [6, 6.07) is 20.9. The van der Waals surface area contributed by atoms with Crippen LogP contribution in [0.3, 0.4) is 0 Å². The maximum atomic E-state index is 12.5. The van der Waals surface area contributed by atoms with Gasteiger partial charge in [-0.15, -0.1) is 5.10 Å². The summed E-state index contributed by atoms with van der Waals surface area (Å²) < 4.78 is 1.64. The molecule has 29 heavy (non-hydrogen) atoms. The molecule has 1 amide bonds. The van der Waals surface area contributed by atoms with Gasteiger partial charge in [0.15, 0.2) is 5.82 Å². The second-order valence-electron chi connectivity index (χ2n) is 6.12. The summed E-state index contributed by atoms with van der Waals surface area (Å²) in [4.78, 5) is 17.0. The number of nitrogens with one attached hydrogen (secondary N) is 1. The van der Waals surface area contributed by atoms with E-state index in [1.807, 2.05) is 24.3 Å². The molecule has 8 heteroatoms. The third-order valence-corrected chi connectivity index (χ3v) is 4.87. The number of halogens is 3. The molecular weight excluding hydrogens is 431 g/mol. The van der Waals surface area contributed by atoms with Crippen LogP contribution in [0.2, 0.25) is 15.1 Å². The highest BCUT2D eigenvalue weighted by atomic mass is 35.5. The van der Waals surface area contributed by atoms with Crippen LogP contribution in [0.5, 0.6) is 0 Å². The average molecular weight is 444 g/mol. The normalized spacial score (nSPS) is 10.7. The van der Waals surface area contributed by atoms with Gasteiger partial charge in [-0.2, -0.15) is 4.98 Å². The van der Waals surface area contributed by atoms with Gasteiger partial charge < -0.3 is 0 Å². The Bertz CT molecular complexity index is 1090. The summed E-state index contributed by atoms with van der Waals surface area (Å²) in [5, 5.41) is 8.96. The van der Waals surface area contributed by atoms with Gasteiger partial charge in [0.2, 0.25) is 5.95 Å². The molecule has 3 aromatic carbocycles. The van der Waals surface area contributed by atoms with Gasteiger partial charge in [-0.05, 0) is 72.8 Å². The van der Waals surface area contributed by atoms with Crippen LogP contribution in [0.15, 0.2) is 72.8 Å². The molecule has 1 N–H and O–H groups in total. The topological polar surface area (TPSA) is 59.8 Å². The van der Waals surface area contributed by atoms with E-state index >= 15 is 0 Å². The van der Waals surface area contributed by atoms with E-state index in [1.54, 1.807) is 53.2 Å². The number of rotatable bonds is 4. The summed E-state index contributed by atoms with van der Waals surface area (Å²) in [6.07, 6.45) is 0. The summed E-state index contributed by atoms with van der Waals surface area (Å²) in [5.41, 5.74) is 1.99. The van der Waals surface area contributed by atoms with Crippen molar-refractivity contribution < 1.29 is 4.79 Å². The van der Waals surface area contributed by atoms with Gasteiger partial charge in [0.1, 0.15) is 0 Å². The highest BCUT2D eigenvalue weighted by molar-refractivity contribution is 6.31. The molecule has 0 aliphatic heterocycles. The van der Waals surface area contributed by atoms with Crippen molar-refractivity contribution in [2.24, 2.45) is 0 Å². The van der Waals surface area contributed by atoms with Crippen LogP contribution in [0.1, 0.15) is 10.4 Å². The van der Waals surface area contributed by atoms with Crippen LogP contribution in [0, 0.1) is 0 Å². The van der Waals surface area contributed by atoms with Gasteiger partial charge in [-0.25, -0.2) is 4.68 Å². The quantitative estimate of drug-likeness (QED) is 0.412. The van der Waals surface area contributed by atoms with Gasteiger partial charge in [0.25, 0.3) is 5.91 Å². The fourth-order valence-corrected chi connectivity index (χ4v) is 3.07. The third-order valence-electron chi connectivity index (χ3n) is 4.11. The molecule has 4 rings (SSSR count). The number of benzene rings is 3. The molecular formula is C21H13Cl3N4O. The Hall–Kier alpha value is -2.86.